The lowest BCUT2D eigenvalue weighted by atomic mass is 10.2. The second kappa shape index (κ2) is 8.50. The van der Waals surface area contributed by atoms with Crippen molar-refractivity contribution in [1.29, 1.82) is 0 Å². The Morgan fingerprint density at radius 3 is 2.38 bits per heavy atom. The zero-order valence-corrected chi connectivity index (χ0v) is 11.5. The van der Waals surface area contributed by atoms with Crippen LogP contribution in [0.5, 0.6) is 5.75 Å². The number of nitrogen functional groups attached to an aromatic ring is 1. The molecular formula is C11H20Cl2N2O. The molecule has 0 bridgehead atoms. The number of halogens is 2. The number of ether oxygens (including phenoxy) is 1. The van der Waals surface area contributed by atoms with Crippen molar-refractivity contribution in [3.63, 3.8) is 0 Å². The summed E-state index contributed by atoms with van der Waals surface area (Å²) in [5, 5.41) is 0. The van der Waals surface area contributed by atoms with Crippen LogP contribution < -0.4 is 10.5 Å². The molecule has 3 nitrogen and oxygen atoms in total. The van der Waals surface area contributed by atoms with Crippen molar-refractivity contribution >= 4 is 30.5 Å². The number of anilines is 1. The number of benzene rings is 1. The Kier molecular flexibility index (Phi) is 9.43. The van der Waals surface area contributed by atoms with Gasteiger partial charge in [-0.3, -0.25) is 0 Å². The van der Waals surface area contributed by atoms with Crippen molar-refractivity contribution in [2.75, 3.05) is 33.0 Å². The van der Waals surface area contributed by atoms with Gasteiger partial charge in [0.15, 0.2) is 0 Å². The summed E-state index contributed by atoms with van der Waals surface area (Å²) in [7, 11) is 4.05. The second-order valence-electron chi connectivity index (χ2n) is 3.67. The summed E-state index contributed by atoms with van der Waals surface area (Å²) >= 11 is 0. The molecule has 0 aliphatic carbocycles. The molecule has 0 aliphatic heterocycles. The maximum atomic E-state index is 5.70. The van der Waals surface area contributed by atoms with E-state index in [-0.39, 0.29) is 24.8 Å². The van der Waals surface area contributed by atoms with Crippen LogP contribution in [-0.4, -0.2) is 32.1 Å². The predicted molar refractivity (Wildman–Crippen MR) is 74.1 cm³/mol. The van der Waals surface area contributed by atoms with Crippen molar-refractivity contribution in [2.24, 2.45) is 0 Å². The smallest absolute Gasteiger partial charge is 0.119 e. The standard InChI is InChI=1S/C11H18N2O.2ClH/c1-9-8-10(4-5-11(9)12)14-7-6-13(2)3;;/h4-5,8H,6-7,12H2,1-3H3;2*1H. The Hall–Kier alpha value is -0.640. The van der Waals surface area contributed by atoms with Crippen molar-refractivity contribution in [3.05, 3.63) is 23.8 Å². The molecule has 0 fully saturated rings. The number of nitrogens with two attached hydrogens (primary N) is 1. The van der Waals surface area contributed by atoms with Crippen LogP contribution in [0.15, 0.2) is 18.2 Å². The van der Waals surface area contributed by atoms with Crippen LogP contribution in [0, 0.1) is 6.92 Å². The van der Waals surface area contributed by atoms with Gasteiger partial charge >= 0.3 is 0 Å². The topological polar surface area (TPSA) is 38.5 Å². The van der Waals surface area contributed by atoms with Crippen LogP contribution >= 0.6 is 24.8 Å². The third kappa shape index (κ3) is 6.05. The molecule has 1 aromatic rings. The Balaban J connectivity index is 0. The summed E-state index contributed by atoms with van der Waals surface area (Å²) in [5.41, 5.74) is 7.57. The van der Waals surface area contributed by atoms with Crippen molar-refractivity contribution < 1.29 is 4.74 Å². The first-order valence-electron chi connectivity index (χ1n) is 4.73. The maximum Gasteiger partial charge on any atom is 0.119 e. The molecule has 0 atom stereocenters. The molecule has 1 aromatic carbocycles. The van der Waals surface area contributed by atoms with Crippen LogP contribution in [-0.2, 0) is 0 Å². The molecule has 0 spiro atoms. The highest BCUT2D eigenvalue weighted by Crippen LogP contribution is 2.18. The summed E-state index contributed by atoms with van der Waals surface area (Å²) in [6.07, 6.45) is 0. The van der Waals surface area contributed by atoms with E-state index in [1.807, 2.05) is 39.2 Å². The lowest BCUT2D eigenvalue weighted by Gasteiger charge is -2.11. The summed E-state index contributed by atoms with van der Waals surface area (Å²) in [4.78, 5) is 2.09. The summed E-state index contributed by atoms with van der Waals surface area (Å²) in [6, 6.07) is 5.74. The molecule has 0 amide bonds. The molecule has 0 saturated carbocycles. The molecule has 0 unspecified atom stereocenters. The van der Waals surface area contributed by atoms with Gasteiger partial charge in [-0.05, 0) is 44.8 Å². The van der Waals surface area contributed by atoms with E-state index in [0.717, 1.165) is 23.5 Å². The molecule has 16 heavy (non-hydrogen) atoms. The van der Waals surface area contributed by atoms with Crippen LogP contribution in [0.4, 0.5) is 5.69 Å². The van der Waals surface area contributed by atoms with Crippen LogP contribution in [0.3, 0.4) is 0 Å². The average Bonchev–Trinajstić information content (AvgIpc) is 2.10. The fourth-order valence-corrected chi connectivity index (χ4v) is 1.08. The highest BCUT2D eigenvalue weighted by molar-refractivity contribution is 5.85. The van der Waals surface area contributed by atoms with Gasteiger partial charge in [-0.25, -0.2) is 0 Å². The average molecular weight is 267 g/mol. The molecule has 0 heterocycles. The van der Waals surface area contributed by atoms with Crippen molar-refractivity contribution in [2.45, 2.75) is 6.92 Å². The van der Waals surface area contributed by atoms with Crippen LogP contribution in [0.25, 0.3) is 0 Å². The first-order valence-corrected chi connectivity index (χ1v) is 4.73. The van der Waals surface area contributed by atoms with E-state index < -0.39 is 0 Å². The molecule has 0 saturated heterocycles. The lowest BCUT2D eigenvalue weighted by molar-refractivity contribution is 0.261. The second-order valence-corrected chi connectivity index (χ2v) is 3.67. The van der Waals surface area contributed by atoms with Gasteiger partial charge in [-0.2, -0.15) is 0 Å². The Morgan fingerprint density at radius 2 is 1.88 bits per heavy atom. The first-order chi connectivity index (χ1) is 6.59. The zero-order valence-electron chi connectivity index (χ0n) is 9.90. The third-order valence-electron chi connectivity index (χ3n) is 2.05. The molecule has 5 heteroatoms. The number of rotatable bonds is 4. The largest absolute Gasteiger partial charge is 0.492 e. The van der Waals surface area contributed by atoms with E-state index in [9.17, 15) is 0 Å². The number of likely N-dealkylation sites (N-methyl/N-ethyl adjacent to an activating group) is 1. The van der Waals surface area contributed by atoms with Gasteiger partial charge in [0.1, 0.15) is 12.4 Å². The SMILES string of the molecule is Cc1cc(OCCN(C)C)ccc1N.Cl.Cl. The van der Waals surface area contributed by atoms with Gasteiger partial charge in [0.25, 0.3) is 0 Å². The summed E-state index contributed by atoms with van der Waals surface area (Å²) < 4.78 is 5.56. The monoisotopic (exact) mass is 266 g/mol. The maximum absolute atomic E-state index is 5.70. The lowest BCUT2D eigenvalue weighted by Crippen LogP contribution is -2.19. The normalized spacial score (nSPS) is 9.25. The highest BCUT2D eigenvalue weighted by atomic mass is 35.5. The molecule has 1 rings (SSSR count). The Labute approximate surface area is 110 Å². The molecule has 0 aliphatic rings. The minimum atomic E-state index is 0. The summed E-state index contributed by atoms with van der Waals surface area (Å²) in [6.45, 7) is 3.61. The van der Waals surface area contributed by atoms with E-state index in [1.165, 1.54) is 0 Å². The number of hydrogen-bond acceptors (Lipinski definition) is 3. The van der Waals surface area contributed by atoms with Gasteiger partial charge in [-0.15, -0.1) is 24.8 Å². The van der Waals surface area contributed by atoms with E-state index >= 15 is 0 Å². The summed E-state index contributed by atoms with van der Waals surface area (Å²) in [5.74, 6) is 0.888. The number of nitrogens with zero attached hydrogens (tertiary/aromatic N) is 1. The molecule has 0 aromatic heterocycles. The van der Waals surface area contributed by atoms with E-state index in [1.54, 1.807) is 0 Å². The van der Waals surface area contributed by atoms with Crippen LogP contribution in [0.2, 0.25) is 0 Å². The highest BCUT2D eigenvalue weighted by Gasteiger charge is 1.97. The minimum absolute atomic E-state index is 0. The fraction of sp³-hybridized carbons (Fsp3) is 0.455. The molecule has 94 valence electrons. The van der Waals surface area contributed by atoms with Gasteiger partial charge in [0.2, 0.25) is 0 Å². The van der Waals surface area contributed by atoms with E-state index in [0.29, 0.717) is 6.61 Å². The number of hydrogen-bond donors (Lipinski definition) is 1. The predicted octanol–water partition coefficient (Wildman–Crippen LogP) is 2.36. The van der Waals surface area contributed by atoms with Crippen molar-refractivity contribution in [1.82, 2.24) is 4.90 Å². The Morgan fingerprint density at radius 1 is 1.25 bits per heavy atom. The third-order valence-corrected chi connectivity index (χ3v) is 2.05. The van der Waals surface area contributed by atoms with E-state index in [4.69, 9.17) is 10.5 Å². The van der Waals surface area contributed by atoms with Crippen LogP contribution in [0.1, 0.15) is 5.56 Å². The number of aryl methyl sites for hydroxylation is 1. The van der Waals surface area contributed by atoms with Gasteiger partial charge in [0.05, 0.1) is 0 Å². The van der Waals surface area contributed by atoms with Gasteiger partial charge in [-0.1, -0.05) is 0 Å². The van der Waals surface area contributed by atoms with Crippen molar-refractivity contribution in [3.8, 4) is 5.75 Å². The van der Waals surface area contributed by atoms with Gasteiger partial charge < -0.3 is 15.4 Å². The van der Waals surface area contributed by atoms with Gasteiger partial charge in [0, 0.05) is 12.2 Å². The molecular weight excluding hydrogens is 247 g/mol. The Bertz CT molecular complexity index is 306. The first kappa shape index (κ1) is 17.7. The van der Waals surface area contributed by atoms with E-state index in [2.05, 4.69) is 4.90 Å². The molecule has 2 N–H and O–H groups in total. The zero-order chi connectivity index (χ0) is 10.6. The minimum Gasteiger partial charge on any atom is -0.492 e. The quantitative estimate of drug-likeness (QED) is 0.851. The fourth-order valence-electron chi connectivity index (χ4n) is 1.08. The molecule has 0 radical (unpaired) electrons.